The van der Waals surface area contributed by atoms with Gasteiger partial charge in [-0.3, -0.25) is 4.55 Å². The van der Waals surface area contributed by atoms with Crippen LogP contribution in [-0.2, 0) is 19.6 Å². The van der Waals surface area contributed by atoms with Crippen molar-refractivity contribution in [2.24, 2.45) is 52.3 Å². The molecule has 37 heavy (non-hydrogen) atoms. The largest absolute Gasteiger partial charge is 0.465 e. The number of carbonyl (C=O) groups is 1. The molecule has 4 aliphatic carbocycles. The number of hydrogen-bond donors (Lipinski definition) is 1. The first-order chi connectivity index (χ1) is 17.1. The molecule has 0 radical (unpaired) electrons. The average Bonchev–Trinajstić information content (AvgIpc) is 3.15. The molecule has 4 aliphatic rings. The second kappa shape index (κ2) is 10.3. The minimum Gasteiger partial charge on any atom is -0.457 e. The summed E-state index contributed by atoms with van der Waals surface area (Å²) >= 11 is 0. The summed E-state index contributed by atoms with van der Waals surface area (Å²) in [5.74, 6) is 2.51. The molecule has 9 atom stereocenters. The summed E-state index contributed by atoms with van der Waals surface area (Å²) in [6.07, 6.45) is 12.3. The van der Waals surface area contributed by atoms with Crippen molar-refractivity contribution < 1.29 is 31.3 Å². The quantitative estimate of drug-likeness (QED) is 0.252. The predicted molar refractivity (Wildman–Crippen MR) is 139 cm³/mol. The molecule has 4 rings (SSSR count). The zero-order chi connectivity index (χ0) is 27.4. The summed E-state index contributed by atoms with van der Waals surface area (Å²) in [6, 6.07) is 0. The molecular weight excluding hydrogens is 498 g/mol. The van der Waals surface area contributed by atoms with Crippen molar-refractivity contribution in [1.82, 2.24) is 0 Å². The van der Waals surface area contributed by atoms with Crippen LogP contribution in [0.3, 0.4) is 0 Å². The molecule has 0 spiro atoms. The second-order valence-corrected chi connectivity index (χ2v) is 15.4. The van der Waals surface area contributed by atoms with Gasteiger partial charge in [0.25, 0.3) is 0 Å². The molecule has 0 aromatic heterocycles. The van der Waals surface area contributed by atoms with E-state index in [-0.39, 0.29) is 11.3 Å². The molecule has 1 N–H and O–H groups in total. The fourth-order valence-corrected chi connectivity index (χ4v) is 9.93. The molecule has 214 valence electrons. The van der Waals surface area contributed by atoms with Gasteiger partial charge in [0.2, 0.25) is 0 Å². The van der Waals surface area contributed by atoms with Gasteiger partial charge in [-0.1, -0.05) is 53.9 Å². The van der Waals surface area contributed by atoms with E-state index in [0.29, 0.717) is 30.1 Å². The van der Waals surface area contributed by atoms with Crippen LogP contribution in [0.4, 0.5) is 8.78 Å². The monoisotopic (exact) mass is 546 g/mol. The number of carbonyl (C=O) groups excluding carboxylic acids is 1. The Hall–Kier alpha value is -0.760. The molecule has 5 nitrogen and oxygen atoms in total. The number of halogens is 2. The molecule has 8 heteroatoms. The van der Waals surface area contributed by atoms with E-state index in [2.05, 4.69) is 34.6 Å². The minimum atomic E-state index is -5.85. The maximum atomic E-state index is 13.7. The minimum absolute atomic E-state index is 0.0969. The van der Waals surface area contributed by atoms with Crippen LogP contribution in [0.15, 0.2) is 0 Å². The summed E-state index contributed by atoms with van der Waals surface area (Å²) in [7, 11) is -5.85. The molecule has 0 amide bonds. The average molecular weight is 547 g/mol. The Morgan fingerprint density at radius 3 is 2.27 bits per heavy atom. The number of ether oxygens (including phenoxy) is 1. The van der Waals surface area contributed by atoms with Crippen LogP contribution in [0.1, 0.15) is 112 Å². The molecule has 0 aromatic carbocycles. The smallest absolute Gasteiger partial charge is 0.457 e. The third-order valence-electron chi connectivity index (χ3n) is 11.7. The summed E-state index contributed by atoms with van der Waals surface area (Å²) in [5.41, 5.74) is 0.509. The molecule has 4 fully saturated rings. The lowest BCUT2D eigenvalue weighted by atomic mass is 9.44. The highest BCUT2D eigenvalue weighted by molar-refractivity contribution is 7.87. The number of rotatable bonds is 8. The van der Waals surface area contributed by atoms with Gasteiger partial charge >= 0.3 is 21.3 Å². The van der Waals surface area contributed by atoms with Crippen LogP contribution in [0.2, 0.25) is 0 Å². The molecule has 0 bridgehead atoms. The Labute approximate surface area is 222 Å². The Bertz CT molecular complexity index is 952. The van der Waals surface area contributed by atoms with E-state index in [0.717, 1.165) is 42.9 Å². The second-order valence-electron chi connectivity index (χ2n) is 14.0. The fourth-order valence-electron chi connectivity index (χ4n) is 9.68. The lowest BCUT2D eigenvalue weighted by molar-refractivity contribution is -0.177. The van der Waals surface area contributed by atoms with Crippen molar-refractivity contribution in [3.05, 3.63) is 0 Å². The number of esters is 1. The first-order valence-electron chi connectivity index (χ1n) is 14.7. The van der Waals surface area contributed by atoms with Crippen LogP contribution < -0.4 is 0 Å². The Morgan fingerprint density at radius 1 is 0.973 bits per heavy atom. The standard InChI is InChI=1S/C29H48F2O5S/c1-18(2)7-6-8-19(3)23-11-12-24-22-10-9-20-17-21(36-26(32)29(30,31)37(33,34)35)13-15-27(20,4)25(22)14-16-28(23,24)5/h18-25H,6-17H2,1-5H3,(H,33,34,35)/t19-,20+,21?,22+,23-,24+,25+,27+,28-/m1/s1. The lowest BCUT2D eigenvalue weighted by Crippen LogP contribution is -2.54. The van der Waals surface area contributed by atoms with E-state index in [1.165, 1.54) is 44.9 Å². The van der Waals surface area contributed by atoms with Gasteiger partial charge in [-0.05, 0) is 110 Å². The van der Waals surface area contributed by atoms with Crippen LogP contribution in [-0.4, -0.2) is 30.3 Å². The molecule has 1 unspecified atom stereocenters. The van der Waals surface area contributed by atoms with Gasteiger partial charge in [-0.15, -0.1) is 0 Å². The normalized spacial score (nSPS) is 41.0. The van der Waals surface area contributed by atoms with E-state index >= 15 is 0 Å². The van der Waals surface area contributed by atoms with Gasteiger partial charge < -0.3 is 4.74 Å². The maximum absolute atomic E-state index is 13.7. The first-order valence-corrected chi connectivity index (χ1v) is 16.1. The van der Waals surface area contributed by atoms with Gasteiger partial charge in [0, 0.05) is 0 Å². The van der Waals surface area contributed by atoms with Crippen LogP contribution >= 0.6 is 0 Å². The highest BCUT2D eigenvalue weighted by Crippen LogP contribution is 2.68. The van der Waals surface area contributed by atoms with Gasteiger partial charge in [0.15, 0.2) is 0 Å². The maximum Gasteiger partial charge on any atom is 0.465 e. The van der Waals surface area contributed by atoms with Crippen molar-refractivity contribution in [1.29, 1.82) is 0 Å². The molecule has 0 heterocycles. The first kappa shape index (κ1) is 29.2. The molecule has 0 aliphatic heterocycles. The van der Waals surface area contributed by atoms with Crippen molar-refractivity contribution in [3.8, 4) is 0 Å². The number of fused-ring (bicyclic) bond motifs is 5. The third-order valence-corrected chi connectivity index (χ3v) is 12.5. The van der Waals surface area contributed by atoms with Crippen LogP contribution in [0.5, 0.6) is 0 Å². The van der Waals surface area contributed by atoms with Gasteiger partial charge in [-0.25, -0.2) is 4.79 Å². The zero-order valence-corrected chi connectivity index (χ0v) is 24.2. The Balaban J connectivity index is 1.41. The summed E-state index contributed by atoms with van der Waals surface area (Å²) in [5, 5.41) is -4.93. The summed E-state index contributed by atoms with van der Waals surface area (Å²) in [6.45, 7) is 12.0. The predicted octanol–water partition coefficient (Wildman–Crippen LogP) is 7.50. The number of alkyl halides is 2. The van der Waals surface area contributed by atoms with Crippen LogP contribution in [0.25, 0.3) is 0 Å². The summed E-state index contributed by atoms with van der Waals surface area (Å²) < 4.78 is 63.1. The highest BCUT2D eigenvalue weighted by Gasteiger charge is 2.61. The van der Waals surface area contributed by atoms with E-state index in [9.17, 15) is 22.0 Å². The SMILES string of the molecule is CC(C)CCC[C@@H](C)[C@H]1CC[C@H]2[C@@H]3CC[C@H]4CC(OC(=O)C(F)(F)S(=O)(=O)O)CC[C@]4(C)[C@H]3CC[C@]12C. The van der Waals surface area contributed by atoms with Crippen molar-refractivity contribution in [2.45, 2.75) is 123 Å². The molecule has 0 saturated heterocycles. The van der Waals surface area contributed by atoms with E-state index in [4.69, 9.17) is 9.29 Å². The lowest BCUT2D eigenvalue weighted by Gasteiger charge is -2.61. The van der Waals surface area contributed by atoms with Gasteiger partial charge in [0.1, 0.15) is 6.10 Å². The molecular formula is C29H48F2O5S. The van der Waals surface area contributed by atoms with Crippen molar-refractivity contribution >= 4 is 16.1 Å². The third kappa shape index (κ3) is 5.24. The van der Waals surface area contributed by atoms with Crippen molar-refractivity contribution in [2.75, 3.05) is 0 Å². The van der Waals surface area contributed by atoms with E-state index < -0.39 is 27.4 Å². The van der Waals surface area contributed by atoms with Gasteiger partial charge in [-0.2, -0.15) is 17.2 Å². The summed E-state index contributed by atoms with van der Waals surface area (Å²) in [4.78, 5) is 11.9. The Morgan fingerprint density at radius 2 is 1.62 bits per heavy atom. The molecule has 0 aromatic rings. The van der Waals surface area contributed by atoms with E-state index in [1.807, 2.05) is 0 Å². The van der Waals surface area contributed by atoms with Crippen molar-refractivity contribution in [3.63, 3.8) is 0 Å². The highest BCUT2D eigenvalue weighted by atomic mass is 32.2. The topological polar surface area (TPSA) is 80.7 Å². The van der Waals surface area contributed by atoms with Crippen LogP contribution in [0, 0.1) is 52.3 Å². The van der Waals surface area contributed by atoms with Gasteiger partial charge in [0.05, 0.1) is 0 Å². The number of hydrogen-bond acceptors (Lipinski definition) is 4. The van der Waals surface area contributed by atoms with E-state index in [1.54, 1.807) is 0 Å². The fraction of sp³-hybridized carbons (Fsp3) is 0.966. The zero-order valence-electron chi connectivity index (χ0n) is 23.3. The Kier molecular flexibility index (Phi) is 8.16. The molecule has 4 saturated carbocycles.